The summed E-state index contributed by atoms with van der Waals surface area (Å²) in [5.41, 5.74) is 8.21. The topological polar surface area (TPSA) is 115 Å². The molecule has 2 amide bonds. The minimum atomic E-state index is -0.324. The smallest absolute Gasteiger partial charge is 0.272 e. The van der Waals surface area contributed by atoms with Gasteiger partial charge in [0.2, 0.25) is 5.95 Å². The van der Waals surface area contributed by atoms with Crippen LogP contribution in [0, 0.1) is 0 Å². The second-order valence-corrected chi connectivity index (χ2v) is 7.03. The van der Waals surface area contributed by atoms with Gasteiger partial charge in [-0.2, -0.15) is 0 Å². The Bertz CT molecular complexity index is 1070. The highest BCUT2D eigenvalue weighted by atomic mass is 16.5. The van der Waals surface area contributed by atoms with Gasteiger partial charge < -0.3 is 15.4 Å². The minimum Gasteiger partial charge on any atom is -0.399 e. The van der Waals surface area contributed by atoms with Crippen LogP contribution < -0.4 is 11.1 Å². The van der Waals surface area contributed by atoms with Crippen LogP contribution in [0.4, 0.5) is 11.6 Å². The van der Waals surface area contributed by atoms with Crippen molar-refractivity contribution in [3.05, 3.63) is 47.7 Å². The molecule has 0 bridgehead atoms. The number of nitrogens with one attached hydrogen (secondary N) is 1. The van der Waals surface area contributed by atoms with Crippen LogP contribution in [0.3, 0.4) is 0 Å². The fraction of sp³-hybridized carbons (Fsp3) is 0.364. The molecule has 0 saturated carbocycles. The molecule has 9 nitrogen and oxygen atoms in total. The quantitative estimate of drug-likeness (QED) is 0.403. The molecule has 164 valence electrons. The Balaban J connectivity index is 1.98. The molecule has 3 rings (SSSR count). The lowest BCUT2D eigenvalue weighted by Gasteiger charge is -2.18. The SMILES string of the molecule is CCN(CC)C(=O)c1ccc2nc(NC(=O)c3cccc(N)c3)n(CCCOC)c2n1. The summed E-state index contributed by atoms with van der Waals surface area (Å²) in [5.74, 6) is -0.101. The van der Waals surface area contributed by atoms with Gasteiger partial charge in [0.1, 0.15) is 11.2 Å². The van der Waals surface area contributed by atoms with E-state index in [-0.39, 0.29) is 11.8 Å². The highest BCUT2D eigenvalue weighted by Crippen LogP contribution is 2.21. The third-order valence-corrected chi connectivity index (χ3v) is 4.97. The normalized spacial score (nSPS) is 10.9. The maximum Gasteiger partial charge on any atom is 0.272 e. The summed E-state index contributed by atoms with van der Waals surface area (Å²) in [7, 11) is 1.63. The summed E-state index contributed by atoms with van der Waals surface area (Å²) in [5, 5.41) is 2.85. The number of imidazole rings is 1. The number of aryl methyl sites for hydroxylation is 1. The summed E-state index contributed by atoms with van der Waals surface area (Å²) in [4.78, 5) is 36.3. The zero-order valence-electron chi connectivity index (χ0n) is 18.1. The number of anilines is 2. The number of pyridine rings is 1. The van der Waals surface area contributed by atoms with Crippen molar-refractivity contribution in [2.75, 3.05) is 37.9 Å². The number of ether oxygens (including phenoxy) is 1. The van der Waals surface area contributed by atoms with Gasteiger partial charge in [0, 0.05) is 44.6 Å². The molecule has 0 fully saturated rings. The monoisotopic (exact) mass is 424 g/mol. The van der Waals surface area contributed by atoms with Crippen LogP contribution in [0.1, 0.15) is 41.1 Å². The Morgan fingerprint density at radius 3 is 2.61 bits per heavy atom. The van der Waals surface area contributed by atoms with Crippen molar-refractivity contribution < 1.29 is 14.3 Å². The molecule has 0 unspecified atom stereocenters. The number of fused-ring (bicyclic) bond motifs is 1. The van der Waals surface area contributed by atoms with E-state index in [0.29, 0.717) is 66.7 Å². The van der Waals surface area contributed by atoms with E-state index in [4.69, 9.17) is 10.5 Å². The molecular formula is C22H28N6O3. The third kappa shape index (κ3) is 5.00. The number of amides is 2. The van der Waals surface area contributed by atoms with E-state index in [2.05, 4.69) is 15.3 Å². The standard InChI is InChI=1S/C22H28N6O3/c1-4-27(5-2)21(30)18-11-10-17-19(24-18)28(12-7-13-31-3)22(25-17)26-20(29)15-8-6-9-16(23)14-15/h6,8-11,14H,4-5,7,12-13,23H2,1-3H3,(H,25,26,29). The molecule has 0 spiro atoms. The molecule has 2 heterocycles. The Hall–Kier alpha value is -3.46. The van der Waals surface area contributed by atoms with Gasteiger partial charge in [-0.1, -0.05) is 6.07 Å². The Labute approximate surface area is 181 Å². The molecule has 0 atom stereocenters. The van der Waals surface area contributed by atoms with Gasteiger partial charge in [-0.25, -0.2) is 9.97 Å². The molecule has 2 aromatic heterocycles. The molecule has 3 N–H and O–H groups in total. The number of aromatic nitrogens is 3. The van der Waals surface area contributed by atoms with Crippen molar-refractivity contribution in [3.8, 4) is 0 Å². The number of rotatable bonds is 9. The minimum absolute atomic E-state index is 0.137. The van der Waals surface area contributed by atoms with E-state index in [9.17, 15) is 9.59 Å². The Morgan fingerprint density at radius 2 is 1.94 bits per heavy atom. The average molecular weight is 425 g/mol. The molecule has 0 aliphatic carbocycles. The van der Waals surface area contributed by atoms with E-state index < -0.39 is 0 Å². The highest BCUT2D eigenvalue weighted by molar-refractivity contribution is 6.04. The summed E-state index contributed by atoms with van der Waals surface area (Å²) in [6, 6.07) is 10.1. The van der Waals surface area contributed by atoms with Crippen LogP contribution in [-0.4, -0.2) is 58.1 Å². The number of nitrogens with zero attached hydrogens (tertiary/aromatic N) is 4. The largest absolute Gasteiger partial charge is 0.399 e. The first-order valence-electron chi connectivity index (χ1n) is 10.3. The van der Waals surface area contributed by atoms with Gasteiger partial charge in [0.25, 0.3) is 11.8 Å². The lowest BCUT2D eigenvalue weighted by atomic mass is 10.2. The van der Waals surface area contributed by atoms with E-state index >= 15 is 0 Å². The zero-order valence-corrected chi connectivity index (χ0v) is 18.1. The van der Waals surface area contributed by atoms with E-state index in [1.807, 2.05) is 13.8 Å². The maximum absolute atomic E-state index is 12.8. The summed E-state index contributed by atoms with van der Waals surface area (Å²) < 4.78 is 6.97. The van der Waals surface area contributed by atoms with Crippen molar-refractivity contribution in [2.24, 2.45) is 0 Å². The molecule has 1 aromatic carbocycles. The number of nitrogens with two attached hydrogens (primary N) is 1. The maximum atomic E-state index is 12.8. The average Bonchev–Trinajstić information content (AvgIpc) is 3.11. The van der Waals surface area contributed by atoms with Crippen molar-refractivity contribution in [3.63, 3.8) is 0 Å². The molecule has 0 saturated heterocycles. The number of nitrogen functional groups attached to an aromatic ring is 1. The van der Waals surface area contributed by atoms with Crippen LogP contribution in [0.2, 0.25) is 0 Å². The van der Waals surface area contributed by atoms with Gasteiger partial charge in [-0.05, 0) is 50.6 Å². The second kappa shape index (κ2) is 10.0. The lowest BCUT2D eigenvalue weighted by Crippen LogP contribution is -2.31. The number of benzene rings is 1. The predicted molar refractivity (Wildman–Crippen MR) is 120 cm³/mol. The molecule has 31 heavy (non-hydrogen) atoms. The second-order valence-electron chi connectivity index (χ2n) is 7.03. The molecule has 0 radical (unpaired) electrons. The summed E-state index contributed by atoms with van der Waals surface area (Å²) in [6.45, 7) is 6.12. The first kappa shape index (κ1) is 22.2. The highest BCUT2D eigenvalue weighted by Gasteiger charge is 2.19. The van der Waals surface area contributed by atoms with Crippen LogP contribution in [-0.2, 0) is 11.3 Å². The third-order valence-electron chi connectivity index (χ3n) is 4.97. The van der Waals surface area contributed by atoms with E-state index in [1.54, 1.807) is 53.0 Å². The van der Waals surface area contributed by atoms with Crippen LogP contribution in [0.25, 0.3) is 11.2 Å². The van der Waals surface area contributed by atoms with Gasteiger partial charge in [0.05, 0.1) is 0 Å². The molecule has 0 aliphatic rings. The first-order valence-corrected chi connectivity index (χ1v) is 10.3. The van der Waals surface area contributed by atoms with Crippen molar-refractivity contribution in [1.29, 1.82) is 0 Å². The Kier molecular flexibility index (Phi) is 7.19. The van der Waals surface area contributed by atoms with E-state index in [0.717, 1.165) is 0 Å². The molecule has 0 aliphatic heterocycles. The fourth-order valence-electron chi connectivity index (χ4n) is 3.32. The molecular weight excluding hydrogens is 396 g/mol. The number of carbonyl (C=O) groups is 2. The summed E-state index contributed by atoms with van der Waals surface area (Å²) in [6.07, 6.45) is 0.693. The lowest BCUT2D eigenvalue weighted by molar-refractivity contribution is 0.0767. The van der Waals surface area contributed by atoms with E-state index in [1.165, 1.54) is 0 Å². The Morgan fingerprint density at radius 1 is 1.16 bits per heavy atom. The van der Waals surface area contributed by atoms with Gasteiger partial charge in [-0.3, -0.25) is 19.5 Å². The van der Waals surface area contributed by atoms with Gasteiger partial charge in [0.15, 0.2) is 5.65 Å². The first-order chi connectivity index (χ1) is 15.0. The van der Waals surface area contributed by atoms with Crippen LogP contribution in [0.5, 0.6) is 0 Å². The van der Waals surface area contributed by atoms with Crippen molar-refractivity contribution >= 4 is 34.6 Å². The predicted octanol–water partition coefficient (Wildman–Crippen LogP) is 2.78. The van der Waals surface area contributed by atoms with Crippen molar-refractivity contribution in [2.45, 2.75) is 26.8 Å². The zero-order chi connectivity index (χ0) is 22.4. The van der Waals surface area contributed by atoms with Crippen LogP contribution >= 0.6 is 0 Å². The van der Waals surface area contributed by atoms with Gasteiger partial charge in [-0.15, -0.1) is 0 Å². The number of methoxy groups -OCH3 is 1. The summed E-state index contributed by atoms with van der Waals surface area (Å²) >= 11 is 0. The number of hydrogen-bond donors (Lipinski definition) is 2. The van der Waals surface area contributed by atoms with Crippen LogP contribution in [0.15, 0.2) is 36.4 Å². The molecule has 9 heteroatoms. The van der Waals surface area contributed by atoms with Gasteiger partial charge >= 0.3 is 0 Å². The number of hydrogen-bond acceptors (Lipinski definition) is 6. The number of carbonyl (C=O) groups excluding carboxylic acids is 2. The fourth-order valence-corrected chi connectivity index (χ4v) is 3.32. The molecule has 3 aromatic rings. The van der Waals surface area contributed by atoms with Crippen molar-refractivity contribution in [1.82, 2.24) is 19.4 Å².